The number of carbonyl (C=O) groups is 1. The first kappa shape index (κ1) is 13.4. The quantitative estimate of drug-likeness (QED) is 0.866. The van der Waals surface area contributed by atoms with E-state index >= 15 is 0 Å². The number of benzene rings is 1. The molecule has 0 saturated carbocycles. The second-order valence-electron chi connectivity index (χ2n) is 4.63. The summed E-state index contributed by atoms with van der Waals surface area (Å²) in [5.41, 5.74) is 0.497. The first-order valence-electron chi connectivity index (χ1n) is 5.90. The number of phenolic OH excluding ortho intramolecular Hbond substituents is 1. The molecular weight excluding hydrogens is 298 g/mol. The van der Waals surface area contributed by atoms with Crippen molar-refractivity contribution < 1.29 is 14.6 Å². The van der Waals surface area contributed by atoms with Gasteiger partial charge in [0.05, 0.1) is 16.7 Å². The van der Waals surface area contributed by atoms with Crippen molar-refractivity contribution in [2.75, 3.05) is 13.1 Å². The number of carbonyl (C=O) groups excluding carboxylic acids is 1. The van der Waals surface area contributed by atoms with Crippen LogP contribution in [0.2, 0.25) is 0 Å². The van der Waals surface area contributed by atoms with Gasteiger partial charge in [0.1, 0.15) is 5.75 Å². The molecule has 5 heteroatoms. The Morgan fingerprint density at radius 2 is 2.00 bits per heavy atom. The van der Waals surface area contributed by atoms with Crippen molar-refractivity contribution in [1.82, 2.24) is 4.90 Å². The van der Waals surface area contributed by atoms with Gasteiger partial charge < -0.3 is 14.7 Å². The Bertz CT molecular complexity index is 454. The fourth-order valence-electron chi connectivity index (χ4n) is 2.17. The Morgan fingerprint density at radius 1 is 1.39 bits per heavy atom. The number of aromatic hydroxyl groups is 1. The van der Waals surface area contributed by atoms with E-state index in [1.807, 2.05) is 13.8 Å². The third-order valence-electron chi connectivity index (χ3n) is 2.90. The normalized spacial score (nSPS) is 24.1. The highest BCUT2D eigenvalue weighted by atomic mass is 79.9. The van der Waals surface area contributed by atoms with Crippen LogP contribution in [0.3, 0.4) is 0 Å². The van der Waals surface area contributed by atoms with Gasteiger partial charge in [0.25, 0.3) is 5.91 Å². The standard InChI is InChI=1S/C13H16BrNO3/c1-8-6-15(7-9(2)18-8)13(17)10-3-4-11(14)12(16)5-10/h3-5,8-9,16H,6-7H2,1-2H3. The second kappa shape index (κ2) is 5.28. The van der Waals surface area contributed by atoms with Crippen molar-refractivity contribution in [1.29, 1.82) is 0 Å². The number of nitrogens with zero attached hydrogens (tertiary/aromatic N) is 1. The summed E-state index contributed by atoms with van der Waals surface area (Å²) in [6, 6.07) is 4.87. The summed E-state index contributed by atoms with van der Waals surface area (Å²) in [5, 5.41) is 9.61. The molecule has 1 heterocycles. The summed E-state index contributed by atoms with van der Waals surface area (Å²) in [4.78, 5) is 14.1. The van der Waals surface area contributed by atoms with E-state index in [1.165, 1.54) is 6.07 Å². The number of rotatable bonds is 1. The van der Waals surface area contributed by atoms with E-state index in [1.54, 1.807) is 17.0 Å². The highest BCUT2D eigenvalue weighted by Gasteiger charge is 2.26. The number of halogens is 1. The van der Waals surface area contributed by atoms with Crippen LogP contribution >= 0.6 is 15.9 Å². The first-order chi connectivity index (χ1) is 8.47. The number of amides is 1. The van der Waals surface area contributed by atoms with Gasteiger partial charge in [-0.25, -0.2) is 0 Å². The smallest absolute Gasteiger partial charge is 0.254 e. The Morgan fingerprint density at radius 3 is 2.56 bits per heavy atom. The maximum absolute atomic E-state index is 12.3. The minimum absolute atomic E-state index is 0.0433. The van der Waals surface area contributed by atoms with Gasteiger partial charge in [-0.1, -0.05) is 0 Å². The highest BCUT2D eigenvalue weighted by Crippen LogP contribution is 2.25. The minimum Gasteiger partial charge on any atom is -0.507 e. The second-order valence-corrected chi connectivity index (χ2v) is 5.49. The van der Waals surface area contributed by atoms with Crippen LogP contribution in [0.25, 0.3) is 0 Å². The molecule has 18 heavy (non-hydrogen) atoms. The molecule has 2 atom stereocenters. The summed E-state index contributed by atoms with van der Waals surface area (Å²) in [6.07, 6.45) is 0.0866. The number of hydrogen-bond donors (Lipinski definition) is 1. The van der Waals surface area contributed by atoms with Crippen LogP contribution in [-0.4, -0.2) is 41.2 Å². The molecule has 0 aliphatic carbocycles. The average Bonchev–Trinajstić information content (AvgIpc) is 2.30. The van der Waals surface area contributed by atoms with Crippen molar-refractivity contribution >= 4 is 21.8 Å². The Balaban J connectivity index is 2.17. The van der Waals surface area contributed by atoms with Crippen molar-refractivity contribution in [3.05, 3.63) is 28.2 Å². The maximum Gasteiger partial charge on any atom is 0.254 e. The Hall–Kier alpha value is -1.07. The van der Waals surface area contributed by atoms with Gasteiger partial charge in [0.2, 0.25) is 0 Å². The SMILES string of the molecule is CC1CN(C(=O)c2ccc(Br)c(O)c2)CC(C)O1. The van der Waals surface area contributed by atoms with Gasteiger partial charge in [-0.05, 0) is 48.0 Å². The highest BCUT2D eigenvalue weighted by molar-refractivity contribution is 9.10. The van der Waals surface area contributed by atoms with Crippen molar-refractivity contribution in [2.45, 2.75) is 26.1 Å². The largest absolute Gasteiger partial charge is 0.507 e. The molecule has 2 unspecified atom stereocenters. The molecule has 1 aromatic carbocycles. The zero-order valence-corrected chi connectivity index (χ0v) is 12.0. The van der Waals surface area contributed by atoms with Crippen molar-refractivity contribution in [2.24, 2.45) is 0 Å². The molecule has 2 rings (SSSR count). The first-order valence-corrected chi connectivity index (χ1v) is 6.70. The van der Waals surface area contributed by atoms with Crippen LogP contribution in [0.4, 0.5) is 0 Å². The summed E-state index contributed by atoms with van der Waals surface area (Å²) < 4.78 is 6.18. The van der Waals surface area contributed by atoms with E-state index < -0.39 is 0 Å². The number of hydrogen-bond acceptors (Lipinski definition) is 3. The molecule has 98 valence electrons. The molecule has 0 spiro atoms. The molecule has 1 N–H and O–H groups in total. The van der Waals surface area contributed by atoms with Crippen LogP contribution in [0.1, 0.15) is 24.2 Å². The lowest BCUT2D eigenvalue weighted by atomic mass is 10.1. The van der Waals surface area contributed by atoms with Crippen LogP contribution in [0.5, 0.6) is 5.75 Å². The molecule has 4 nitrogen and oxygen atoms in total. The average molecular weight is 314 g/mol. The predicted octanol–water partition coefficient (Wildman–Crippen LogP) is 2.40. The molecular formula is C13H16BrNO3. The van der Waals surface area contributed by atoms with Crippen LogP contribution < -0.4 is 0 Å². The summed E-state index contributed by atoms with van der Waals surface area (Å²) >= 11 is 3.20. The van der Waals surface area contributed by atoms with Crippen LogP contribution in [-0.2, 0) is 4.74 Å². The lowest BCUT2D eigenvalue weighted by Crippen LogP contribution is -2.48. The fourth-order valence-corrected chi connectivity index (χ4v) is 2.42. The van der Waals surface area contributed by atoms with E-state index in [9.17, 15) is 9.90 Å². The zero-order chi connectivity index (χ0) is 13.3. The van der Waals surface area contributed by atoms with Gasteiger partial charge in [-0.15, -0.1) is 0 Å². The minimum atomic E-state index is -0.0696. The number of morpholine rings is 1. The van der Waals surface area contributed by atoms with Crippen LogP contribution in [0, 0.1) is 0 Å². The summed E-state index contributed by atoms with van der Waals surface area (Å²) in [6.45, 7) is 5.07. The lowest BCUT2D eigenvalue weighted by molar-refractivity contribution is -0.0586. The molecule has 1 aliphatic rings. The maximum atomic E-state index is 12.3. The molecule has 1 aliphatic heterocycles. The Kier molecular flexibility index (Phi) is 3.92. The molecule has 1 amide bonds. The van der Waals surface area contributed by atoms with Gasteiger partial charge in [0.15, 0.2) is 0 Å². The van der Waals surface area contributed by atoms with E-state index in [0.29, 0.717) is 23.1 Å². The molecule has 0 aromatic heterocycles. The van der Waals surface area contributed by atoms with E-state index in [2.05, 4.69) is 15.9 Å². The fraction of sp³-hybridized carbons (Fsp3) is 0.462. The van der Waals surface area contributed by atoms with E-state index in [0.717, 1.165) is 0 Å². The molecule has 0 radical (unpaired) electrons. The molecule has 0 bridgehead atoms. The third kappa shape index (κ3) is 2.84. The van der Waals surface area contributed by atoms with E-state index in [-0.39, 0.29) is 23.9 Å². The van der Waals surface area contributed by atoms with Gasteiger partial charge in [-0.3, -0.25) is 4.79 Å². The topological polar surface area (TPSA) is 49.8 Å². The van der Waals surface area contributed by atoms with Gasteiger partial charge >= 0.3 is 0 Å². The molecule has 1 fully saturated rings. The third-order valence-corrected chi connectivity index (χ3v) is 3.57. The van der Waals surface area contributed by atoms with Crippen LogP contribution in [0.15, 0.2) is 22.7 Å². The molecule has 1 saturated heterocycles. The number of ether oxygens (including phenoxy) is 1. The summed E-state index contributed by atoms with van der Waals surface area (Å²) in [5.74, 6) is 0.00927. The zero-order valence-electron chi connectivity index (χ0n) is 10.4. The Labute approximate surface area is 115 Å². The van der Waals surface area contributed by atoms with Crippen molar-refractivity contribution in [3.8, 4) is 5.75 Å². The lowest BCUT2D eigenvalue weighted by Gasteiger charge is -2.35. The number of phenols is 1. The summed E-state index contributed by atoms with van der Waals surface area (Å²) in [7, 11) is 0. The predicted molar refractivity (Wildman–Crippen MR) is 71.7 cm³/mol. The van der Waals surface area contributed by atoms with Crippen molar-refractivity contribution in [3.63, 3.8) is 0 Å². The van der Waals surface area contributed by atoms with E-state index in [4.69, 9.17) is 4.74 Å². The monoisotopic (exact) mass is 313 g/mol. The van der Waals surface area contributed by atoms with Gasteiger partial charge in [-0.2, -0.15) is 0 Å². The van der Waals surface area contributed by atoms with Gasteiger partial charge in [0, 0.05) is 18.7 Å². The molecule has 1 aromatic rings.